The van der Waals surface area contributed by atoms with Crippen LogP contribution in [-0.2, 0) is 9.53 Å². The van der Waals surface area contributed by atoms with Gasteiger partial charge in [-0.3, -0.25) is 4.79 Å². The maximum Gasteiger partial charge on any atom is 0.340 e. The number of hydrogen-bond donors (Lipinski definition) is 1. The second-order valence-corrected chi connectivity index (χ2v) is 6.80. The van der Waals surface area contributed by atoms with Crippen LogP contribution in [0.2, 0.25) is 0 Å². The highest BCUT2D eigenvalue weighted by Gasteiger charge is 2.17. The Morgan fingerprint density at radius 1 is 1.35 bits per heavy atom. The van der Waals surface area contributed by atoms with E-state index in [-0.39, 0.29) is 29.4 Å². The van der Waals surface area contributed by atoms with Crippen molar-refractivity contribution < 1.29 is 14.3 Å². The fourth-order valence-electron chi connectivity index (χ4n) is 1.98. The number of nitrogens with zero attached hydrogens (tertiary/aromatic N) is 3. The van der Waals surface area contributed by atoms with Gasteiger partial charge in [0.15, 0.2) is 0 Å². The minimum Gasteiger partial charge on any atom is -0.462 e. The lowest BCUT2D eigenvalue weighted by molar-refractivity contribution is -0.113. The van der Waals surface area contributed by atoms with Crippen molar-refractivity contribution in [2.24, 2.45) is 0 Å². The monoisotopic (exact) mass is 386 g/mol. The Morgan fingerprint density at radius 2 is 2.08 bits per heavy atom. The van der Waals surface area contributed by atoms with E-state index in [4.69, 9.17) is 10.00 Å². The molecule has 0 aliphatic rings. The second-order valence-electron chi connectivity index (χ2n) is 4.92. The first-order valence-electron chi connectivity index (χ1n) is 7.49. The van der Waals surface area contributed by atoms with Crippen molar-refractivity contribution >= 4 is 40.0 Å². The molecule has 9 heteroatoms. The Balaban J connectivity index is 2.11. The van der Waals surface area contributed by atoms with Gasteiger partial charge in [0.05, 0.1) is 34.7 Å². The number of nitrogens with one attached hydrogen (secondary N) is 1. The van der Waals surface area contributed by atoms with Gasteiger partial charge in [0.2, 0.25) is 5.91 Å². The number of rotatable bonds is 6. The van der Waals surface area contributed by atoms with Gasteiger partial charge in [-0.25, -0.2) is 9.78 Å². The predicted octanol–water partition coefficient (Wildman–Crippen LogP) is 3.10. The van der Waals surface area contributed by atoms with Crippen molar-refractivity contribution in [3.05, 3.63) is 39.9 Å². The van der Waals surface area contributed by atoms with Gasteiger partial charge in [-0.2, -0.15) is 10.5 Å². The number of carbonyl (C=O) groups is 2. The fraction of sp³-hybridized carbons (Fsp3) is 0.235. The second kappa shape index (κ2) is 8.99. The Morgan fingerprint density at radius 3 is 2.73 bits per heavy atom. The zero-order valence-electron chi connectivity index (χ0n) is 14.0. The van der Waals surface area contributed by atoms with Crippen molar-refractivity contribution in [1.82, 2.24) is 4.98 Å². The van der Waals surface area contributed by atoms with Crippen molar-refractivity contribution in [3.63, 3.8) is 0 Å². The summed E-state index contributed by atoms with van der Waals surface area (Å²) in [5, 5.41) is 23.5. The third-order valence-electron chi connectivity index (χ3n) is 3.17. The summed E-state index contributed by atoms with van der Waals surface area (Å²) in [6.07, 6.45) is 0. The summed E-state index contributed by atoms with van der Waals surface area (Å²) >= 11 is 2.35. The first-order chi connectivity index (χ1) is 12.5. The number of aromatic nitrogens is 1. The van der Waals surface area contributed by atoms with Crippen LogP contribution in [0.15, 0.2) is 22.5 Å². The molecule has 0 bridgehead atoms. The van der Waals surface area contributed by atoms with Gasteiger partial charge < -0.3 is 10.1 Å². The van der Waals surface area contributed by atoms with Gasteiger partial charge in [0.25, 0.3) is 0 Å². The van der Waals surface area contributed by atoms with Crippen LogP contribution in [0.4, 0.5) is 5.00 Å². The van der Waals surface area contributed by atoms with Crippen molar-refractivity contribution in [3.8, 4) is 12.1 Å². The van der Waals surface area contributed by atoms with E-state index in [1.165, 1.54) is 17.4 Å². The number of esters is 1. The molecule has 0 fully saturated rings. The summed E-state index contributed by atoms with van der Waals surface area (Å²) < 4.78 is 4.94. The average Bonchev–Trinajstić information content (AvgIpc) is 3.07. The summed E-state index contributed by atoms with van der Waals surface area (Å²) in [4.78, 5) is 28.2. The summed E-state index contributed by atoms with van der Waals surface area (Å²) in [5.74, 6) is -0.834. The maximum atomic E-state index is 12.1. The number of pyridine rings is 1. The molecule has 1 N–H and O–H groups in total. The smallest absolute Gasteiger partial charge is 0.340 e. The van der Waals surface area contributed by atoms with Gasteiger partial charge >= 0.3 is 5.97 Å². The quantitative estimate of drug-likeness (QED) is 0.599. The summed E-state index contributed by atoms with van der Waals surface area (Å²) in [6, 6.07) is 7.03. The number of amides is 1. The Kier molecular flexibility index (Phi) is 6.73. The first kappa shape index (κ1) is 19.4. The third-order valence-corrected chi connectivity index (χ3v) is 4.99. The van der Waals surface area contributed by atoms with Crippen LogP contribution in [0.3, 0.4) is 0 Å². The topological polar surface area (TPSA) is 116 Å². The van der Waals surface area contributed by atoms with Crippen LogP contribution >= 0.6 is 23.1 Å². The average molecular weight is 386 g/mol. The number of aryl methyl sites for hydroxylation is 1. The molecule has 0 saturated heterocycles. The van der Waals surface area contributed by atoms with Gasteiger partial charge in [0, 0.05) is 0 Å². The molecule has 0 aromatic carbocycles. The SMILES string of the molecule is CCOC(=O)c1cc(C#N)c(SCC(=O)Nc2sccc2C#N)nc1C. The fourth-order valence-corrected chi connectivity index (χ4v) is 3.53. The zero-order valence-corrected chi connectivity index (χ0v) is 15.7. The van der Waals surface area contributed by atoms with E-state index < -0.39 is 5.97 Å². The molecule has 0 atom stereocenters. The Bertz CT molecular complexity index is 925. The third kappa shape index (κ3) is 4.60. The number of anilines is 1. The van der Waals surface area contributed by atoms with E-state index in [9.17, 15) is 14.9 Å². The normalized spacial score (nSPS) is 9.85. The molecule has 0 aliphatic carbocycles. The molecule has 1 amide bonds. The lowest BCUT2D eigenvalue weighted by Gasteiger charge is -2.09. The molecule has 0 radical (unpaired) electrons. The first-order valence-corrected chi connectivity index (χ1v) is 9.35. The van der Waals surface area contributed by atoms with Gasteiger partial charge in [-0.05, 0) is 31.4 Å². The molecule has 2 aromatic rings. The van der Waals surface area contributed by atoms with Crippen molar-refractivity contribution in [2.45, 2.75) is 18.9 Å². The van der Waals surface area contributed by atoms with Gasteiger partial charge in [-0.1, -0.05) is 11.8 Å². The van der Waals surface area contributed by atoms with Crippen LogP contribution in [-0.4, -0.2) is 29.2 Å². The Hall–Kier alpha value is -2.88. The zero-order chi connectivity index (χ0) is 19.1. The molecule has 2 aromatic heterocycles. The number of carbonyl (C=O) groups excluding carboxylic acids is 2. The van der Waals surface area contributed by atoms with E-state index in [0.29, 0.717) is 21.3 Å². The van der Waals surface area contributed by atoms with Crippen LogP contribution in [0, 0.1) is 29.6 Å². The highest BCUT2D eigenvalue weighted by atomic mass is 32.2. The predicted molar refractivity (Wildman–Crippen MR) is 98.0 cm³/mol. The van der Waals surface area contributed by atoms with Crippen molar-refractivity contribution in [1.29, 1.82) is 10.5 Å². The molecule has 2 rings (SSSR count). The summed E-state index contributed by atoms with van der Waals surface area (Å²) in [5.41, 5.74) is 1.26. The number of thioether (sulfide) groups is 1. The number of hydrogen-bond acceptors (Lipinski definition) is 8. The van der Waals surface area contributed by atoms with Gasteiger partial charge in [0.1, 0.15) is 22.2 Å². The molecule has 0 spiro atoms. The molecule has 26 heavy (non-hydrogen) atoms. The number of nitriles is 2. The highest BCUT2D eigenvalue weighted by Crippen LogP contribution is 2.25. The van der Waals surface area contributed by atoms with E-state index in [0.717, 1.165) is 11.8 Å². The summed E-state index contributed by atoms with van der Waals surface area (Å²) in [6.45, 7) is 3.56. The maximum absolute atomic E-state index is 12.1. The lowest BCUT2D eigenvalue weighted by atomic mass is 10.1. The molecule has 2 heterocycles. The van der Waals surface area contributed by atoms with Gasteiger partial charge in [-0.15, -0.1) is 11.3 Å². The van der Waals surface area contributed by atoms with Crippen LogP contribution in [0.25, 0.3) is 0 Å². The molecule has 0 unspecified atom stereocenters. The van der Waals surface area contributed by atoms with E-state index in [1.54, 1.807) is 25.3 Å². The standard InChI is InChI=1S/C17H14N4O3S2/c1-3-24-17(23)13-6-12(8-19)16(20-10(13)2)26-9-14(22)21-15-11(7-18)4-5-25-15/h4-6H,3,9H2,1-2H3,(H,21,22). The number of ether oxygens (including phenoxy) is 1. The van der Waals surface area contributed by atoms with Crippen LogP contribution in [0.1, 0.15) is 34.1 Å². The van der Waals surface area contributed by atoms with Crippen molar-refractivity contribution in [2.75, 3.05) is 17.7 Å². The van der Waals surface area contributed by atoms with Crippen LogP contribution in [0.5, 0.6) is 0 Å². The molecular weight excluding hydrogens is 372 g/mol. The minimum atomic E-state index is -0.537. The highest BCUT2D eigenvalue weighted by molar-refractivity contribution is 8.00. The van der Waals surface area contributed by atoms with E-state index in [2.05, 4.69) is 10.3 Å². The molecule has 132 valence electrons. The minimum absolute atomic E-state index is 0.0165. The number of thiophene rings is 1. The largest absolute Gasteiger partial charge is 0.462 e. The lowest BCUT2D eigenvalue weighted by Crippen LogP contribution is -2.14. The summed E-state index contributed by atoms with van der Waals surface area (Å²) in [7, 11) is 0. The van der Waals surface area contributed by atoms with Crippen LogP contribution < -0.4 is 5.32 Å². The molecule has 7 nitrogen and oxygen atoms in total. The van der Waals surface area contributed by atoms with E-state index >= 15 is 0 Å². The molecular formula is C17H14N4O3S2. The van der Waals surface area contributed by atoms with E-state index in [1.807, 2.05) is 12.1 Å². The Labute approximate surface area is 158 Å². The molecule has 0 saturated carbocycles. The molecule has 0 aliphatic heterocycles.